The Labute approximate surface area is 135 Å². The van der Waals surface area contributed by atoms with E-state index in [-0.39, 0.29) is 15.6 Å². The van der Waals surface area contributed by atoms with E-state index in [0.29, 0.717) is 21.4 Å². The van der Waals surface area contributed by atoms with E-state index in [9.17, 15) is 4.79 Å². The molecule has 1 amide bonds. The average Bonchev–Trinajstić information content (AvgIpc) is 2.35. The summed E-state index contributed by atoms with van der Waals surface area (Å²) in [6.45, 7) is 0. The maximum Gasteiger partial charge on any atom is 0.257 e. The van der Waals surface area contributed by atoms with Gasteiger partial charge >= 0.3 is 0 Å². The van der Waals surface area contributed by atoms with Gasteiger partial charge in [0.1, 0.15) is 0 Å². The summed E-state index contributed by atoms with van der Waals surface area (Å²) in [7, 11) is 0. The fourth-order valence-electron chi connectivity index (χ4n) is 1.52. The smallest absolute Gasteiger partial charge is 0.257 e. The van der Waals surface area contributed by atoms with Gasteiger partial charge in [-0.2, -0.15) is 0 Å². The lowest BCUT2D eigenvalue weighted by Gasteiger charge is -2.10. The van der Waals surface area contributed by atoms with Crippen LogP contribution in [0.15, 0.2) is 30.3 Å². The summed E-state index contributed by atoms with van der Waals surface area (Å²) >= 11 is 23.6. The maximum atomic E-state index is 12.1. The van der Waals surface area contributed by atoms with Crippen LogP contribution in [0, 0.1) is 0 Å². The molecule has 0 aliphatic rings. The number of hydrogen-bond donors (Lipinski definition) is 2. The predicted molar refractivity (Wildman–Crippen MR) is 85.3 cm³/mol. The van der Waals surface area contributed by atoms with Crippen LogP contribution in [-0.2, 0) is 0 Å². The third kappa shape index (κ3) is 3.30. The third-order valence-corrected chi connectivity index (χ3v) is 3.70. The van der Waals surface area contributed by atoms with Crippen molar-refractivity contribution in [3.8, 4) is 0 Å². The maximum absolute atomic E-state index is 12.1. The van der Waals surface area contributed by atoms with Gasteiger partial charge in [0.05, 0.1) is 32.0 Å². The van der Waals surface area contributed by atoms with Crippen molar-refractivity contribution in [3.63, 3.8) is 0 Å². The summed E-state index contributed by atoms with van der Waals surface area (Å²) in [5.74, 6) is -0.422. The molecule has 0 aliphatic heterocycles. The predicted octanol–water partition coefficient (Wildman–Crippen LogP) is 5.13. The Bertz CT molecular complexity index is 688. The summed E-state index contributed by atoms with van der Waals surface area (Å²) in [6.07, 6.45) is 0. The van der Waals surface area contributed by atoms with Crippen LogP contribution in [0.4, 0.5) is 11.4 Å². The second-order valence-electron chi connectivity index (χ2n) is 3.93. The molecule has 0 radical (unpaired) electrons. The first-order valence-electron chi connectivity index (χ1n) is 5.39. The standard InChI is InChI=1S/C13H8Cl4N2O/c14-6-1-2-7(8(15)3-6)13(20)19-12-5-9(16)11(18)4-10(12)17/h1-5H,18H2,(H,19,20). The Kier molecular flexibility index (Phi) is 4.66. The second-order valence-corrected chi connectivity index (χ2v) is 5.59. The number of nitrogens with two attached hydrogens (primary N) is 1. The Balaban J connectivity index is 2.30. The molecule has 104 valence electrons. The topological polar surface area (TPSA) is 55.1 Å². The van der Waals surface area contributed by atoms with Gasteiger partial charge in [-0.25, -0.2) is 0 Å². The number of nitrogens with one attached hydrogen (secondary N) is 1. The molecular formula is C13H8Cl4N2O. The van der Waals surface area contributed by atoms with Gasteiger partial charge in [0.2, 0.25) is 0 Å². The first kappa shape index (κ1) is 15.3. The van der Waals surface area contributed by atoms with Gasteiger partial charge in [-0.1, -0.05) is 46.4 Å². The van der Waals surface area contributed by atoms with E-state index in [1.54, 1.807) is 6.07 Å². The molecule has 2 rings (SSSR count). The van der Waals surface area contributed by atoms with Gasteiger partial charge in [0, 0.05) is 5.02 Å². The lowest BCUT2D eigenvalue weighted by molar-refractivity contribution is 0.102. The average molecular weight is 350 g/mol. The summed E-state index contributed by atoms with van der Waals surface area (Å²) in [4.78, 5) is 12.1. The van der Waals surface area contributed by atoms with Gasteiger partial charge in [-0.15, -0.1) is 0 Å². The number of anilines is 2. The molecule has 0 bridgehead atoms. The molecule has 7 heteroatoms. The molecule has 3 N–H and O–H groups in total. The molecule has 0 spiro atoms. The molecular weight excluding hydrogens is 342 g/mol. The van der Waals surface area contributed by atoms with Crippen LogP contribution >= 0.6 is 46.4 Å². The van der Waals surface area contributed by atoms with E-state index in [1.807, 2.05) is 0 Å². The van der Waals surface area contributed by atoms with Gasteiger partial charge in [-0.05, 0) is 30.3 Å². The summed E-state index contributed by atoms with van der Waals surface area (Å²) < 4.78 is 0. The summed E-state index contributed by atoms with van der Waals surface area (Å²) in [5, 5.41) is 3.88. The van der Waals surface area contributed by atoms with Crippen molar-refractivity contribution in [1.82, 2.24) is 0 Å². The molecule has 0 atom stereocenters. The molecule has 0 heterocycles. The third-order valence-electron chi connectivity index (χ3n) is 2.51. The van der Waals surface area contributed by atoms with Gasteiger partial charge in [0.15, 0.2) is 0 Å². The SMILES string of the molecule is Nc1cc(Cl)c(NC(=O)c2ccc(Cl)cc2Cl)cc1Cl. The van der Waals surface area contributed by atoms with Crippen LogP contribution in [0.3, 0.4) is 0 Å². The van der Waals surface area contributed by atoms with E-state index >= 15 is 0 Å². The number of carbonyl (C=O) groups is 1. The number of halogens is 4. The largest absolute Gasteiger partial charge is 0.397 e. The number of benzene rings is 2. The molecule has 2 aromatic rings. The first-order chi connectivity index (χ1) is 9.38. The van der Waals surface area contributed by atoms with Crippen molar-refractivity contribution in [2.24, 2.45) is 0 Å². The molecule has 0 aliphatic carbocycles. The van der Waals surface area contributed by atoms with E-state index in [1.165, 1.54) is 24.3 Å². The Morgan fingerprint density at radius 2 is 1.65 bits per heavy atom. The molecule has 0 fully saturated rings. The zero-order valence-electron chi connectivity index (χ0n) is 9.88. The quantitative estimate of drug-likeness (QED) is 0.738. The van der Waals surface area contributed by atoms with Crippen molar-refractivity contribution in [2.75, 3.05) is 11.1 Å². The molecule has 0 saturated carbocycles. The number of carbonyl (C=O) groups excluding carboxylic acids is 1. The van der Waals surface area contributed by atoms with Crippen LogP contribution in [0.1, 0.15) is 10.4 Å². The Morgan fingerprint density at radius 1 is 0.950 bits per heavy atom. The van der Waals surface area contributed by atoms with Crippen LogP contribution < -0.4 is 11.1 Å². The van der Waals surface area contributed by atoms with Gasteiger partial charge < -0.3 is 11.1 Å². The van der Waals surface area contributed by atoms with E-state index < -0.39 is 5.91 Å². The summed E-state index contributed by atoms with van der Waals surface area (Å²) in [5.41, 5.74) is 6.57. The van der Waals surface area contributed by atoms with E-state index in [2.05, 4.69) is 5.32 Å². The fraction of sp³-hybridized carbons (Fsp3) is 0. The highest BCUT2D eigenvalue weighted by Gasteiger charge is 2.13. The molecule has 2 aromatic carbocycles. The van der Waals surface area contributed by atoms with Crippen LogP contribution in [0.2, 0.25) is 20.1 Å². The van der Waals surface area contributed by atoms with E-state index in [4.69, 9.17) is 52.1 Å². The highest BCUT2D eigenvalue weighted by molar-refractivity contribution is 6.39. The van der Waals surface area contributed by atoms with Crippen molar-refractivity contribution in [2.45, 2.75) is 0 Å². The fourth-order valence-corrected chi connectivity index (χ4v) is 2.40. The highest BCUT2D eigenvalue weighted by Crippen LogP contribution is 2.31. The lowest BCUT2D eigenvalue weighted by atomic mass is 10.2. The minimum Gasteiger partial charge on any atom is -0.397 e. The summed E-state index contributed by atoms with van der Waals surface area (Å²) in [6, 6.07) is 7.51. The number of nitrogen functional groups attached to an aromatic ring is 1. The minimum atomic E-state index is -0.422. The number of amides is 1. The molecule has 0 aromatic heterocycles. The second kappa shape index (κ2) is 6.10. The molecule has 0 saturated heterocycles. The van der Waals surface area contributed by atoms with Crippen molar-refractivity contribution < 1.29 is 4.79 Å². The first-order valence-corrected chi connectivity index (χ1v) is 6.90. The highest BCUT2D eigenvalue weighted by atomic mass is 35.5. The van der Waals surface area contributed by atoms with E-state index in [0.717, 1.165) is 0 Å². The zero-order chi connectivity index (χ0) is 14.9. The Morgan fingerprint density at radius 3 is 2.30 bits per heavy atom. The van der Waals surface area contributed by atoms with Crippen LogP contribution in [0.25, 0.3) is 0 Å². The monoisotopic (exact) mass is 348 g/mol. The van der Waals surface area contributed by atoms with Crippen molar-refractivity contribution in [3.05, 3.63) is 56.0 Å². The van der Waals surface area contributed by atoms with Crippen LogP contribution in [-0.4, -0.2) is 5.91 Å². The van der Waals surface area contributed by atoms with Gasteiger partial charge in [0.25, 0.3) is 5.91 Å². The normalized spacial score (nSPS) is 10.4. The number of hydrogen-bond acceptors (Lipinski definition) is 2. The lowest BCUT2D eigenvalue weighted by Crippen LogP contribution is -2.13. The molecule has 0 unspecified atom stereocenters. The zero-order valence-corrected chi connectivity index (χ0v) is 12.9. The van der Waals surface area contributed by atoms with Crippen molar-refractivity contribution >= 4 is 63.7 Å². The molecule has 3 nitrogen and oxygen atoms in total. The van der Waals surface area contributed by atoms with Gasteiger partial charge in [-0.3, -0.25) is 4.79 Å². The Hall–Kier alpha value is -1.13. The van der Waals surface area contributed by atoms with Crippen molar-refractivity contribution in [1.29, 1.82) is 0 Å². The number of rotatable bonds is 2. The molecule has 20 heavy (non-hydrogen) atoms. The van der Waals surface area contributed by atoms with Crippen LogP contribution in [0.5, 0.6) is 0 Å². The minimum absolute atomic E-state index is 0.243.